The van der Waals surface area contributed by atoms with E-state index >= 15 is 0 Å². The van der Waals surface area contributed by atoms with Gasteiger partial charge in [-0.1, -0.05) is 6.07 Å². The van der Waals surface area contributed by atoms with Gasteiger partial charge in [0.15, 0.2) is 6.61 Å². The van der Waals surface area contributed by atoms with Crippen molar-refractivity contribution in [3.05, 3.63) is 29.6 Å². The number of halogens is 1. The molecule has 0 saturated carbocycles. The number of carbonyl (C=O) groups is 1. The number of hydrogen-bond donors (Lipinski definition) is 1. The van der Waals surface area contributed by atoms with Gasteiger partial charge in [-0.3, -0.25) is 9.79 Å². The van der Waals surface area contributed by atoms with Crippen LogP contribution < -0.4 is 10.1 Å². The third kappa shape index (κ3) is 3.51. The topological polar surface area (TPSA) is 53.9 Å². The molecular weight excluding hydrogens is 273 g/mol. The van der Waals surface area contributed by atoms with Crippen LogP contribution in [0.2, 0.25) is 0 Å². The molecule has 0 unspecified atom stereocenters. The van der Waals surface area contributed by atoms with Crippen molar-refractivity contribution in [1.82, 2.24) is 10.2 Å². The number of amidine groups is 1. The second-order valence-electron chi connectivity index (χ2n) is 4.62. The van der Waals surface area contributed by atoms with Crippen LogP contribution >= 0.6 is 0 Å². The van der Waals surface area contributed by atoms with E-state index in [9.17, 15) is 9.18 Å². The Kier molecular flexibility index (Phi) is 5.14. The van der Waals surface area contributed by atoms with E-state index in [0.29, 0.717) is 43.3 Å². The van der Waals surface area contributed by atoms with Gasteiger partial charge in [0.1, 0.15) is 17.4 Å². The Balaban J connectivity index is 2.13. The number of hydrogen-bond acceptors (Lipinski definition) is 4. The lowest BCUT2D eigenvalue weighted by Crippen LogP contribution is -2.34. The van der Waals surface area contributed by atoms with Crippen LogP contribution in [0.3, 0.4) is 0 Å². The Morgan fingerprint density at radius 1 is 1.43 bits per heavy atom. The lowest BCUT2D eigenvalue weighted by Gasteiger charge is -2.19. The number of carbonyl (C=O) groups excluding carboxylic acids is 1. The van der Waals surface area contributed by atoms with Gasteiger partial charge in [0.05, 0.1) is 12.1 Å². The van der Waals surface area contributed by atoms with Gasteiger partial charge in [0.2, 0.25) is 0 Å². The molecule has 114 valence electrons. The van der Waals surface area contributed by atoms with Crippen LogP contribution in [0, 0.1) is 5.82 Å². The van der Waals surface area contributed by atoms with Crippen molar-refractivity contribution in [3.63, 3.8) is 0 Å². The Morgan fingerprint density at radius 3 is 2.81 bits per heavy atom. The van der Waals surface area contributed by atoms with Crippen molar-refractivity contribution in [1.29, 1.82) is 0 Å². The van der Waals surface area contributed by atoms with Crippen molar-refractivity contribution in [2.24, 2.45) is 4.99 Å². The maximum atomic E-state index is 14.0. The zero-order valence-corrected chi connectivity index (χ0v) is 12.4. The van der Waals surface area contributed by atoms with Gasteiger partial charge in [-0.05, 0) is 26.0 Å². The van der Waals surface area contributed by atoms with E-state index in [0.717, 1.165) is 0 Å². The zero-order chi connectivity index (χ0) is 15.2. The molecule has 0 radical (unpaired) electrons. The smallest absolute Gasteiger partial charge is 0.260 e. The van der Waals surface area contributed by atoms with Gasteiger partial charge in [0.25, 0.3) is 5.91 Å². The van der Waals surface area contributed by atoms with Crippen molar-refractivity contribution in [2.75, 3.05) is 32.8 Å². The third-order valence-corrected chi connectivity index (χ3v) is 3.35. The summed E-state index contributed by atoms with van der Waals surface area (Å²) < 4.78 is 19.5. The molecule has 2 rings (SSSR count). The number of ether oxygens (including phenoxy) is 1. The second-order valence-corrected chi connectivity index (χ2v) is 4.62. The average Bonchev–Trinajstić information content (AvgIpc) is 3.00. The van der Waals surface area contributed by atoms with Crippen LogP contribution in [0.25, 0.3) is 0 Å². The lowest BCUT2D eigenvalue weighted by molar-refractivity contribution is -0.132. The summed E-state index contributed by atoms with van der Waals surface area (Å²) in [7, 11) is 0. The van der Waals surface area contributed by atoms with E-state index in [1.165, 1.54) is 6.07 Å². The van der Waals surface area contributed by atoms with Crippen LogP contribution in [0.4, 0.5) is 4.39 Å². The van der Waals surface area contributed by atoms with Gasteiger partial charge in [-0.2, -0.15) is 0 Å². The number of amides is 1. The molecule has 21 heavy (non-hydrogen) atoms. The molecule has 0 aliphatic carbocycles. The summed E-state index contributed by atoms with van der Waals surface area (Å²) >= 11 is 0. The highest BCUT2D eigenvalue weighted by Gasteiger charge is 2.19. The van der Waals surface area contributed by atoms with E-state index in [1.807, 2.05) is 13.8 Å². The number of aliphatic imine (C=N–C) groups is 1. The van der Waals surface area contributed by atoms with Crippen molar-refractivity contribution >= 4 is 11.7 Å². The van der Waals surface area contributed by atoms with Gasteiger partial charge >= 0.3 is 0 Å². The Bertz CT molecular complexity index is 542. The fraction of sp³-hybridized carbons (Fsp3) is 0.467. The van der Waals surface area contributed by atoms with Gasteiger partial charge in [-0.15, -0.1) is 0 Å². The quantitative estimate of drug-likeness (QED) is 0.863. The first-order valence-corrected chi connectivity index (χ1v) is 7.15. The highest BCUT2D eigenvalue weighted by atomic mass is 19.1. The first-order valence-electron chi connectivity index (χ1n) is 7.15. The largest absolute Gasteiger partial charge is 0.483 e. The van der Waals surface area contributed by atoms with Crippen LogP contribution in [0.15, 0.2) is 23.2 Å². The minimum atomic E-state index is -0.407. The van der Waals surface area contributed by atoms with Crippen LogP contribution in [0.5, 0.6) is 5.75 Å². The zero-order valence-electron chi connectivity index (χ0n) is 12.4. The first kappa shape index (κ1) is 15.3. The fourth-order valence-electron chi connectivity index (χ4n) is 2.23. The van der Waals surface area contributed by atoms with Gasteiger partial charge in [-0.25, -0.2) is 4.39 Å². The van der Waals surface area contributed by atoms with E-state index in [4.69, 9.17) is 4.74 Å². The number of likely N-dealkylation sites (N-methyl/N-ethyl adjacent to an activating group) is 1. The Labute approximate surface area is 123 Å². The van der Waals surface area contributed by atoms with E-state index in [2.05, 4.69) is 10.3 Å². The molecule has 1 aliphatic rings. The number of rotatable bonds is 6. The first-order chi connectivity index (χ1) is 10.2. The van der Waals surface area contributed by atoms with Crippen molar-refractivity contribution in [2.45, 2.75) is 13.8 Å². The predicted molar refractivity (Wildman–Crippen MR) is 79.2 cm³/mol. The summed E-state index contributed by atoms with van der Waals surface area (Å²) in [5.74, 6) is 0.300. The molecule has 0 spiro atoms. The molecule has 1 aliphatic heterocycles. The fourth-order valence-corrected chi connectivity index (χ4v) is 2.23. The molecule has 1 N–H and O–H groups in total. The van der Waals surface area contributed by atoms with Gasteiger partial charge in [0, 0.05) is 19.6 Å². The summed E-state index contributed by atoms with van der Waals surface area (Å²) in [6, 6.07) is 4.57. The number of benzene rings is 1. The summed E-state index contributed by atoms with van der Waals surface area (Å²) in [5, 5.41) is 3.02. The molecule has 1 amide bonds. The van der Waals surface area contributed by atoms with Crippen molar-refractivity contribution < 1.29 is 13.9 Å². The summed E-state index contributed by atoms with van der Waals surface area (Å²) in [6.45, 7) is 6.26. The minimum absolute atomic E-state index is 0.106. The molecule has 0 fully saturated rings. The van der Waals surface area contributed by atoms with Crippen molar-refractivity contribution in [3.8, 4) is 5.75 Å². The van der Waals surface area contributed by atoms with Crippen LogP contribution in [-0.4, -0.2) is 49.4 Å². The SMILES string of the molecule is CCN(CC)C(=O)COc1cccc(F)c1C1=NCCN1. The highest BCUT2D eigenvalue weighted by molar-refractivity contribution is 6.02. The molecular formula is C15H20FN3O2. The standard InChI is InChI=1S/C15H20FN3O2/c1-3-19(4-2)13(20)10-21-12-7-5-6-11(16)14(12)15-17-8-9-18-15/h5-7H,3-4,8-10H2,1-2H3,(H,17,18). The molecule has 0 aromatic heterocycles. The molecule has 5 nitrogen and oxygen atoms in total. The molecule has 0 bridgehead atoms. The molecule has 0 saturated heterocycles. The van der Waals surface area contributed by atoms with E-state index < -0.39 is 5.82 Å². The molecule has 1 aromatic rings. The lowest BCUT2D eigenvalue weighted by atomic mass is 10.1. The maximum Gasteiger partial charge on any atom is 0.260 e. The monoisotopic (exact) mass is 293 g/mol. The summed E-state index contributed by atoms with van der Waals surface area (Å²) in [5.41, 5.74) is 0.294. The molecule has 0 atom stereocenters. The second kappa shape index (κ2) is 7.06. The molecule has 6 heteroatoms. The normalized spacial score (nSPS) is 13.6. The maximum absolute atomic E-state index is 14.0. The molecule has 1 aromatic carbocycles. The van der Waals surface area contributed by atoms with Crippen LogP contribution in [-0.2, 0) is 4.79 Å². The summed E-state index contributed by atoms with van der Waals surface area (Å²) in [6.07, 6.45) is 0. The Hall–Kier alpha value is -2.11. The average molecular weight is 293 g/mol. The third-order valence-electron chi connectivity index (χ3n) is 3.35. The number of nitrogens with zero attached hydrogens (tertiary/aromatic N) is 2. The summed E-state index contributed by atoms with van der Waals surface area (Å²) in [4.78, 5) is 17.8. The highest BCUT2D eigenvalue weighted by Crippen LogP contribution is 2.22. The Morgan fingerprint density at radius 2 is 2.19 bits per heavy atom. The molecule has 1 heterocycles. The van der Waals surface area contributed by atoms with Crippen LogP contribution in [0.1, 0.15) is 19.4 Å². The number of nitrogens with one attached hydrogen (secondary N) is 1. The van der Waals surface area contributed by atoms with Gasteiger partial charge < -0.3 is 15.0 Å². The van der Waals surface area contributed by atoms with E-state index in [-0.39, 0.29) is 12.5 Å². The van der Waals surface area contributed by atoms with E-state index in [1.54, 1.807) is 17.0 Å². The minimum Gasteiger partial charge on any atom is -0.483 e. The predicted octanol–water partition coefficient (Wildman–Crippen LogP) is 1.42.